The molecule has 0 spiro atoms. The lowest BCUT2D eigenvalue weighted by Crippen LogP contribution is -2.31. The molecule has 1 amide bonds. The number of carbonyl (C=O) groups excluding carboxylic acids is 1. The molecular formula is C21H22F2N4OS. The molecule has 1 aromatic carbocycles. The van der Waals surface area contributed by atoms with Crippen LogP contribution in [0.2, 0.25) is 0 Å². The zero-order valence-corrected chi connectivity index (χ0v) is 16.6. The number of nitrogens with one attached hydrogen (secondary N) is 2. The molecule has 0 saturated carbocycles. The molecule has 3 heterocycles. The maximum Gasteiger partial charge on any atom is 0.254 e. The highest BCUT2D eigenvalue weighted by molar-refractivity contribution is 7.07. The van der Waals surface area contributed by atoms with E-state index in [2.05, 4.69) is 21.1 Å². The number of halogens is 2. The number of carbonyl (C=O) groups is 1. The van der Waals surface area contributed by atoms with Crippen LogP contribution in [0.1, 0.15) is 40.4 Å². The Morgan fingerprint density at radius 2 is 2.10 bits per heavy atom. The molecule has 4 rings (SSSR count). The van der Waals surface area contributed by atoms with Crippen molar-refractivity contribution in [3.63, 3.8) is 0 Å². The van der Waals surface area contributed by atoms with Crippen LogP contribution in [0.25, 0.3) is 5.69 Å². The maximum atomic E-state index is 14.4. The summed E-state index contributed by atoms with van der Waals surface area (Å²) in [6.45, 7) is 2.15. The van der Waals surface area contributed by atoms with Crippen LogP contribution in [0.4, 0.5) is 8.78 Å². The van der Waals surface area contributed by atoms with Gasteiger partial charge in [-0.05, 0) is 66.9 Å². The SMILES string of the molecule is O=C(NCCc1ccsc1)c1cnn(-c2ccc(F)cc2F)c1C1CCNCC1. The van der Waals surface area contributed by atoms with Crippen molar-refractivity contribution in [1.82, 2.24) is 20.4 Å². The summed E-state index contributed by atoms with van der Waals surface area (Å²) in [4.78, 5) is 12.9. The van der Waals surface area contributed by atoms with Crippen molar-refractivity contribution >= 4 is 17.2 Å². The highest BCUT2D eigenvalue weighted by atomic mass is 32.1. The third kappa shape index (κ3) is 4.38. The van der Waals surface area contributed by atoms with E-state index in [9.17, 15) is 13.6 Å². The second kappa shape index (κ2) is 8.84. The lowest BCUT2D eigenvalue weighted by atomic mass is 9.91. The van der Waals surface area contributed by atoms with Gasteiger partial charge in [-0.2, -0.15) is 16.4 Å². The topological polar surface area (TPSA) is 59.0 Å². The number of benzene rings is 1. The van der Waals surface area contributed by atoms with E-state index in [4.69, 9.17) is 0 Å². The van der Waals surface area contributed by atoms with E-state index in [0.29, 0.717) is 17.8 Å². The van der Waals surface area contributed by atoms with Crippen molar-refractivity contribution < 1.29 is 13.6 Å². The predicted octanol–water partition coefficient (Wildman–Crippen LogP) is 3.65. The minimum atomic E-state index is -0.701. The van der Waals surface area contributed by atoms with E-state index < -0.39 is 11.6 Å². The van der Waals surface area contributed by atoms with Gasteiger partial charge in [0.1, 0.15) is 11.5 Å². The molecule has 0 atom stereocenters. The highest BCUT2D eigenvalue weighted by Gasteiger charge is 2.27. The second-order valence-corrected chi connectivity index (χ2v) is 7.89. The molecule has 152 valence electrons. The van der Waals surface area contributed by atoms with Crippen molar-refractivity contribution in [2.45, 2.75) is 25.2 Å². The minimum Gasteiger partial charge on any atom is -0.352 e. The van der Waals surface area contributed by atoms with E-state index in [1.165, 1.54) is 28.6 Å². The van der Waals surface area contributed by atoms with Gasteiger partial charge in [-0.3, -0.25) is 4.79 Å². The van der Waals surface area contributed by atoms with Crippen LogP contribution < -0.4 is 10.6 Å². The zero-order chi connectivity index (χ0) is 20.2. The van der Waals surface area contributed by atoms with Crippen molar-refractivity contribution in [3.8, 4) is 5.69 Å². The molecule has 0 radical (unpaired) electrons. The Kier molecular flexibility index (Phi) is 6.01. The van der Waals surface area contributed by atoms with Crippen LogP contribution in [-0.2, 0) is 6.42 Å². The maximum absolute atomic E-state index is 14.4. The van der Waals surface area contributed by atoms with Gasteiger partial charge in [0.25, 0.3) is 5.91 Å². The van der Waals surface area contributed by atoms with Crippen molar-refractivity contribution in [1.29, 1.82) is 0 Å². The Morgan fingerprint density at radius 3 is 2.83 bits per heavy atom. The molecule has 3 aromatic rings. The summed E-state index contributed by atoms with van der Waals surface area (Å²) in [7, 11) is 0. The molecule has 8 heteroatoms. The summed E-state index contributed by atoms with van der Waals surface area (Å²) in [6, 6.07) is 5.43. The number of thiophene rings is 1. The molecule has 1 fully saturated rings. The smallest absolute Gasteiger partial charge is 0.254 e. The average Bonchev–Trinajstić information content (AvgIpc) is 3.38. The number of hydrogen-bond donors (Lipinski definition) is 2. The standard InChI is InChI=1S/C21H22F2N4OS/c22-16-1-2-19(18(23)11-16)27-20(15-4-7-24-8-5-15)17(12-26-27)21(28)25-9-3-14-6-10-29-13-14/h1-2,6,10-13,15,24H,3-5,7-9H2,(H,25,28). The van der Waals surface area contributed by atoms with Gasteiger partial charge in [0.05, 0.1) is 17.5 Å². The normalized spacial score (nSPS) is 14.8. The molecule has 0 bridgehead atoms. The third-order valence-electron chi connectivity index (χ3n) is 5.19. The Hall–Kier alpha value is -2.58. The predicted molar refractivity (Wildman–Crippen MR) is 109 cm³/mol. The van der Waals surface area contributed by atoms with Crippen LogP contribution in [0, 0.1) is 11.6 Å². The van der Waals surface area contributed by atoms with E-state index in [0.717, 1.165) is 38.4 Å². The molecule has 1 aliphatic rings. The van der Waals surface area contributed by atoms with Gasteiger partial charge in [-0.15, -0.1) is 0 Å². The first kappa shape index (κ1) is 19.7. The van der Waals surface area contributed by atoms with Crippen LogP contribution in [-0.4, -0.2) is 35.3 Å². The molecule has 2 N–H and O–H groups in total. The Morgan fingerprint density at radius 1 is 1.28 bits per heavy atom. The summed E-state index contributed by atoms with van der Waals surface area (Å²) in [6.07, 6.45) is 3.88. The first-order chi connectivity index (χ1) is 14.1. The molecule has 1 saturated heterocycles. The fraction of sp³-hybridized carbons (Fsp3) is 0.333. The fourth-order valence-electron chi connectivity index (χ4n) is 3.72. The summed E-state index contributed by atoms with van der Waals surface area (Å²) in [5, 5.41) is 14.6. The lowest BCUT2D eigenvalue weighted by molar-refractivity contribution is 0.0952. The summed E-state index contributed by atoms with van der Waals surface area (Å²) < 4.78 is 29.3. The minimum absolute atomic E-state index is 0.0702. The van der Waals surface area contributed by atoms with E-state index in [1.54, 1.807) is 11.3 Å². The monoisotopic (exact) mass is 416 g/mol. The first-order valence-electron chi connectivity index (χ1n) is 9.67. The van der Waals surface area contributed by atoms with Gasteiger partial charge in [0, 0.05) is 18.5 Å². The fourth-order valence-corrected chi connectivity index (χ4v) is 4.42. The van der Waals surface area contributed by atoms with Gasteiger partial charge >= 0.3 is 0 Å². The zero-order valence-electron chi connectivity index (χ0n) is 15.8. The van der Waals surface area contributed by atoms with Crippen LogP contribution >= 0.6 is 11.3 Å². The number of piperidine rings is 1. The Labute approximate surface area is 171 Å². The summed E-state index contributed by atoms with van der Waals surface area (Å²) in [5.74, 6) is -1.50. The molecule has 29 heavy (non-hydrogen) atoms. The number of nitrogens with zero attached hydrogens (tertiary/aromatic N) is 2. The highest BCUT2D eigenvalue weighted by Crippen LogP contribution is 2.31. The van der Waals surface area contributed by atoms with Gasteiger partial charge in [0.15, 0.2) is 5.82 Å². The molecule has 1 aliphatic heterocycles. The molecule has 5 nitrogen and oxygen atoms in total. The summed E-state index contributed by atoms with van der Waals surface area (Å²) in [5.41, 5.74) is 2.46. The van der Waals surface area contributed by atoms with E-state index in [1.807, 2.05) is 11.4 Å². The van der Waals surface area contributed by atoms with Gasteiger partial charge < -0.3 is 10.6 Å². The van der Waals surface area contributed by atoms with E-state index in [-0.39, 0.29) is 17.5 Å². The Balaban J connectivity index is 1.62. The van der Waals surface area contributed by atoms with Gasteiger partial charge in [-0.1, -0.05) is 0 Å². The molecule has 0 unspecified atom stereocenters. The number of amides is 1. The number of rotatable bonds is 6. The van der Waals surface area contributed by atoms with Crippen LogP contribution in [0.3, 0.4) is 0 Å². The van der Waals surface area contributed by atoms with Crippen LogP contribution in [0.5, 0.6) is 0 Å². The third-order valence-corrected chi connectivity index (χ3v) is 5.93. The largest absolute Gasteiger partial charge is 0.352 e. The van der Waals surface area contributed by atoms with Crippen LogP contribution in [0.15, 0.2) is 41.2 Å². The molecular weight excluding hydrogens is 394 g/mol. The second-order valence-electron chi connectivity index (χ2n) is 7.11. The van der Waals surface area contributed by atoms with Crippen molar-refractivity contribution in [2.75, 3.05) is 19.6 Å². The average molecular weight is 416 g/mol. The van der Waals surface area contributed by atoms with E-state index >= 15 is 0 Å². The number of hydrogen-bond acceptors (Lipinski definition) is 4. The molecule has 0 aliphatic carbocycles. The van der Waals surface area contributed by atoms with Crippen molar-refractivity contribution in [3.05, 3.63) is 69.7 Å². The summed E-state index contributed by atoms with van der Waals surface area (Å²) >= 11 is 1.63. The lowest BCUT2D eigenvalue weighted by Gasteiger charge is -2.24. The first-order valence-corrected chi connectivity index (χ1v) is 10.6. The van der Waals surface area contributed by atoms with Crippen molar-refractivity contribution in [2.24, 2.45) is 0 Å². The van der Waals surface area contributed by atoms with Gasteiger partial charge in [0.2, 0.25) is 0 Å². The Bertz CT molecular complexity index is 981. The quantitative estimate of drug-likeness (QED) is 0.645. The number of aromatic nitrogens is 2. The molecule has 2 aromatic heterocycles. The van der Waals surface area contributed by atoms with Gasteiger partial charge in [-0.25, -0.2) is 13.5 Å².